The molecule has 2 rings (SSSR count). The first-order chi connectivity index (χ1) is 9.62. The molecule has 1 aromatic rings. The molecular weight excluding hydrogens is 213 g/mol. The number of rotatable bonds is 2. The fourth-order valence-corrected chi connectivity index (χ4v) is 1.17. The second kappa shape index (κ2) is 6.09. The lowest BCUT2D eigenvalue weighted by Gasteiger charge is -2.22. The molecule has 3 heteroatoms. The summed E-state index contributed by atoms with van der Waals surface area (Å²) in [4.78, 5) is 0. The molecule has 0 saturated carbocycles. The van der Waals surface area contributed by atoms with Crippen LogP contribution in [0.15, 0.2) is 24.3 Å². The number of hydrogen-bond donors (Lipinski definition) is 1. The minimum absolute atomic E-state index is 0. The van der Waals surface area contributed by atoms with Crippen molar-refractivity contribution in [2.24, 2.45) is 5.89 Å². The molecule has 1 nitrogen and oxygen atoms in total. The van der Waals surface area contributed by atoms with Crippen molar-refractivity contribution < 1.29 is 14.0 Å². The van der Waals surface area contributed by atoms with Crippen molar-refractivity contribution in [1.29, 1.82) is 0 Å². The average molecular weight is 237 g/mol. The van der Waals surface area contributed by atoms with Gasteiger partial charge in [-0.1, -0.05) is 12.1 Å². The Bertz CT molecular complexity index is 501. The van der Waals surface area contributed by atoms with Gasteiger partial charge < -0.3 is 5.32 Å². The summed E-state index contributed by atoms with van der Waals surface area (Å²) < 4.78 is 69.0. The molecule has 0 aliphatic carbocycles. The molecule has 0 spiro atoms. The maximum absolute atomic E-state index is 13.0. The Balaban J connectivity index is 0.00000242. The minimum Gasteiger partial charge on any atom is -0.317 e. The molecule has 1 saturated heterocycles. The summed E-state index contributed by atoms with van der Waals surface area (Å²) in [6.07, 6.45) is -5.57. The first kappa shape index (κ1) is 5.65. The molecule has 1 aliphatic rings. The van der Waals surface area contributed by atoms with E-state index in [0.29, 0.717) is 0 Å². The third-order valence-electron chi connectivity index (χ3n) is 1.85. The summed E-state index contributed by atoms with van der Waals surface area (Å²) in [6.45, 7) is -2.66. The smallest absolute Gasteiger partial charge is 0.123 e. The molecule has 1 N–H and O–H groups in total. The molecule has 1 aromatic carbocycles. The van der Waals surface area contributed by atoms with Crippen LogP contribution in [0.2, 0.25) is 0 Å². The second-order valence-electron chi connectivity index (χ2n) is 2.92. The number of benzene rings is 1. The number of halogens is 2. The summed E-state index contributed by atoms with van der Waals surface area (Å²) in [7, 11) is 0. The Morgan fingerprint density at radius 2 is 2.00 bits per heavy atom. The van der Waals surface area contributed by atoms with Crippen molar-refractivity contribution in [2.75, 3.05) is 13.0 Å². The monoisotopic (exact) mass is 236 g/mol. The van der Waals surface area contributed by atoms with Gasteiger partial charge in [0.05, 0.1) is 0 Å². The first-order valence-electron chi connectivity index (χ1n) is 8.14. The molecular formula is C12H17ClFN. The van der Waals surface area contributed by atoms with E-state index < -0.39 is 43.9 Å². The van der Waals surface area contributed by atoms with Crippen molar-refractivity contribution in [2.45, 2.75) is 19.2 Å². The average Bonchev–Trinajstić information content (AvgIpc) is 2.43. The van der Waals surface area contributed by atoms with Gasteiger partial charge in [0, 0.05) is 9.60 Å². The first-order valence-corrected chi connectivity index (χ1v) is 4.33. The van der Waals surface area contributed by atoms with Crippen LogP contribution in [0.25, 0.3) is 0 Å². The van der Waals surface area contributed by atoms with Gasteiger partial charge in [-0.05, 0) is 55.8 Å². The van der Waals surface area contributed by atoms with Crippen molar-refractivity contribution in [3.63, 3.8) is 0 Å². The van der Waals surface area contributed by atoms with Gasteiger partial charge in [0.1, 0.15) is 5.82 Å². The quantitative estimate of drug-likeness (QED) is 0.833. The SMILES string of the molecule is Cl.[2H]C1NC([2H])C([2H])C([2H])(C([2H])([2H])c2ccc(F)cc2)C1[2H]. The summed E-state index contributed by atoms with van der Waals surface area (Å²) in [5.74, 6) is -2.87. The van der Waals surface area contributed by atoms with Crippen molar-refractivity contribution in [3.05, 3.63) is 35.6 Å². The maximum Gasteiger partial charge on any atom is 0.123 e. The van der Waals surface area contributed by atoms with E-state index in [-0.39, 0.29) is 18.0 Å². The van der Waals surface area contributed by atoms with E-state index in [2.05, 4.69) is 5.32 Å². The molecule has 4 atom stereocenters. The highest BCUT2D eigenvalue weighted by Crippen LogP contribution is 2.17. The molecule has 1 aliphatic heterocycles. The topological polar surface area (TPSA) is 12.0 Å². The van der Waals surface area contributed by atoms with Crippen LogP contribution in [0.3, 0.4) is 0 Å². The van der Waals surface area contributed by atoms with Gasteiger partial charge in [-0.3, -0.25) is 0 Å². The Morgan fingerprint density at radius 3 is 2.60 bits per heavy atom. The largest absolute Gasteiger partial charge is 0.317 e. The summed E-state index contributed by atoms with van der Waals surface area (Å²) in [5, 5.41) is 2.38. The lowest BCUT2D eigenvalue weighted by Crippen LogP contribution is -2.28. The lowest BCUT2D eigenvalue weighted by atomic mass is 9.91. The fourth-order valence-electron chi connectivity index (χ4n) is 1.17. The van der Waals surface area contributed by atoms with Crippen molar-refractivity contribution >= 4 is 12.4 Å². The fraction of sp³-hybridized carbons (Fsp3) is 0.500. The molecule has 84 valence electrons. The zero-order chi connectivity index (χ0) is 16.0. The van der Waals surface area contributed by atoms with Crippen molar-refractivity contribution in [3.8, 4) is 0 Å². The van der Waals surface area contributed by atoms with Crippen LogP contribution >= 0.6 is 12.4 Å². The molecule has 4 unspecified atom stereocenters. The van der Waals surface area contributed by atoms with Crippen molar-refractivity contribution in [1.82, 2.24) is 5.32 Å². The molecule has 0 aromatic heterocycles. The number of hydrogen-bond acceptors (Lipinski definition) is 1. The maximum atomic E-state index is 13.0. The highest BCUT2D eigenvalue weighted by Gasteiger charge is 2.13. The molecule has 0 radical (unpaired) electrons. The zero-order valence-corrected chi connectivity index (χ0v) is 8.72. The molecule has 0 amide bonds. The van der Waals surface area contributed by atoms with E-state index in [0.717, 1.165) is 12.1 Å². The van der Waals surface area contributed by atoms with E-state index in [1.807, 2.05) is 0 Å². The van der Waals surface area contributed by atoms with Gasteiger partial charge in [-0.25, -0.2) is 4.39 Å². The third kappa shape index (κ3) is 3.80. The lowest BCUT2D eigenvalue weighted by molar-refractivity contribution is 0.372. The Hall–Kier alpha value is -0.600. The van der Waals surface area contributed by atoms with Crippen LogP contribution in [-0.4, -0.2) is 13.0 Å². The Kier molecular flexibility index (Phi) is 2.29. The summed E-state index contributed by atoms with van der Waals surface area (Å²) in [6, 6.07) is 4.44. The molecule has 15 heavy (non-hydrogen) atoms. The minimum atomic E-state index is -2.46. The Labute approximate surface area is 106 Å². The van der Waals surface area contributed by atoms with Crippen LogP contribution in [0.4, 0.5) is 4.39 Å². The van der Waals surface area contributed by atoms with E-state index in [1.54, 1.807) is 0 Å². The van der Waals surface area contributed by atoms with Gasteiger partial charge in [0.2, 0.25) is 0 Å². The van der Waals surface area contributed by atoms with Crippen LogP contribution in [0.1, 0.15) is 28.0 Å². The van der Waals surface area contributed by atoms with Crippen LogP contribution in [-0.2, 0) is 6.37 Å². The molecule has 1 fully saturated rings. The normalized spacial score (nSPS) is 53.0. The van der Waals surface area contributed by atoms with Gasteiger partial charge in [0.25, 0.3) is 0 Å². The molecule has 1 heterocycles. The van der Waals surface area contributed by atoms with E-state index in [9.17, 15) is 4.39 Å². The Morgan fingerprint density at radius 1 is 1.40 bits per heavy atom. The number of piperidine rings is 1. The third-order valence-corrected chi connectivity index (χ3v) is 1.85. The standard InChI is InChI=1S/C12H16FN.ClH/c13-12-3-1-10(2-4-12)9-11-5-7-14-8-6-11;/h1-4,11,14H,5-9H2;1H/i5D,6D,7D,8D,9D2,11D;. The highest BCUT2D eigenvalue weighted by atomic mass is 35.5. The highest BCUT2D eigenvalue weighted by molar-refractivity contribution is 5.85. The van der Waals surface area contributed by atoms with E-state index in [1.165, 1.54) is 12.1 Å². The zero-order valence-electron chi connectivity index (χ0n) is 14.9. The van der Waals surface area contributed by atoms with Crippen LogP contribution in [0.5, 0.6) is 0 Å². The van der Waals surface area contributed by atoms with Gasteiger partial charge in [-0.15, -0.1) is 12.4 Å². The predicted octanol–water partition coefficient (Wildman–Crippen LogP) is 2.79. The van der Waals surface area contributed by atoms with Gasteiger partial charge >= 0.3 is 0 Å². The summed E-state index contributed by atoms with van der Waals surface area (Å²) in [5.41, 5.74) is -0.0327. The van der Waals surface area contributed by atoms with Gasteiger partial charge in [0.15, 0.2) is 0 Å². The van der Waals surface area contributed by atoms with Gasteiger partial charge in [-0.2, -0.15) is 0 Å². The summed E-state index contributed by atoms with van der Waals surface area (Å²) >= 11 is 0. The van der Waals surface area contributed by atoms with Crippen LogP contribution < -0.4 is 5.32 Å². The number of nitrogens with one attached hydrogen (secondary N) is 1. The van der Waals surface area contributed by atoms with E-state index in [4.69, 9.17) is 9.60 Å². The molecule has 0 bridgehead atoms. The second-order valence-corrected chi connectivity index (χ2v) is 2.92. The predicted molar refractivity (Wildman–Crippen MR) is 62.9 cm³/mol. The van der Waals surface area contributed by atoms with Crippen LogP contribution in [0, 0.1) is 11.7 Å². The van der Waals surface area contributed by atoms with E-state index >= 15 is 0 Å².